The predicted octanol–water partition coefficient (Wildman–Crippen LogP) is 5.45. The average molecular weight is 319 g/mol. The Hall–Kier alpha value is -2.04. The summed E-state index contributed by atoms with van der Waals surface area (Å²) < 4.78 is 0. The average Bonchev–Trinajstić information content (AvgIpc) is 2.59. The lowest BCUT2D eigenvalue weighted by Crippen LogP contribution is -2.31. The Morgan fingerprint density at radius 3 is 2.38 bits per heavy atom. The van der Waals surface area contributed by atoms with Crippen molar-refractivity contribution < 1.29 is 0 Å². The summed E-state index contributed by atoms with van der Waals surface area (Å²) in [7, 11) is 0. The van der Waals surface area contributed by atoms with Crippen molar-refractivity contribution >= 4 is 5.57 Å². The molecule has 0 aliphatic carbocycles. The molecule has 0 aromatic heterocycles. The Morgan fingerprint density at radius 2 is 1.79 bits per heavy atom. The van der Waals surface area contributed by atoms with Crippen LogP contribution >= 0.6 is 0 Å². The van der Waals surface area contributed by atoms with Gasteiger partial charge in [0, 0.05) is 17.7 Å². The maximum Gasteiger partial charge on any atom is 0.0249 e. The molecule has 0 N–H and O–H groups in total. The molecule has 0 radical (unpaired) electrons. The first-order valence-corrected chi connectivity index (χ1v) is 8.92. The molecule has 1 aromatic carbocycles. The van der Waals surface area contributed by atoms with Gasteiger partial charge in [0.05, 0.1) is 0 Å². The van der Waals surface area contributed by atoms with Gasteiger partial charge in [-0.1, -0.05) is 54.2 Å². The van der Waals surface area contributed by atoms with Gasteiger partial charge in [0.15, 0.2) is 0 Å². The molecule has 0 atom stereocenters. The molecule has 2 rings (SSSR count). The van der Waals surface area contributed by atoms with Crippen molar-refractivity contribution in [1.29, 1.82) is 0 Å². The summed E-state index contributed by atoms with van der Waals surface area (Å²) in [5.41, 5.74) is 5.77. The molecule has 0 amide bonds. The van der Waals surface area contributed by atoms with Crippen LogP contribution in [0.1, 0.15) is 51.2 Å². The number of benzene rings is 1. The maximum atomic E-state index is 3.97. The molecule has 1 aliphatic rings. The molecule has 0 spiro atoms. The third kappa shape index (κ3) is 5.87. The van der Waals surface area contributed by atoms with Crippen molar-refractivity contribution in [2.45, 2.75) is 40.0 Å². The number of nitrogens with zero attached hydrogens (tertiary/aromatic N) is 1. The third-order valence-electron chi connectivity index (χ3n) is 4.36. The van der Waals surface area contributed by atoms with E-state index in [0.717, 1.165) is 23.3 Å². The molecule has 1 saturated heterocycles. The minimum atomic E-state index is 1.04. The fourth-order valence-electron chi connectivity index (χ4n) is 2.96. The van der Waals surface area contributed by atoms with Crippen molar-refractivity contribution in [3.05, 3.63) is 65.3 Å². The van der Waals surface area contributed by atoms with Gasteiger partial charge in [-0.25, -0.2) is 0 Å². The van der Waals surface area contributed by atoms with E-state index in [1.165, 1.54) is 43.5 Å². The smallest absolute Gasteiger partial charge is 0.0249 e. The summed E-state index contributed by atoms with van der Waals surface area (Å²) in [5, 5.41) is 0. The standard InChI is InChI=1S/C23H29N/c1-5-21(17-20(4)18-24-15-7-6-8-16-24)9-10-22-11-13-23(14-12-22)19(2)3/h5,11-14,17H,2,6-8,15-16,18H2,1,3-4H3/b20-17+,21-5-. The maximum absolute atomic E-state index is 3.97. The molecular weight excluding hydrogens is 290 g/mol. The Bertz CT molecular complexity index is 671. The number of hydrogen-bond acceptors (Lipinski definition) is 1. The van der Waals surface area contributed by atoms with E-state index in [2.05, 4.69) is 73.6 Å². The summed E-state index contributed by atoms with van der Waals surface area (Å²) in [4.78, 5) is 2.55. The highest BCUT2D eigenvalue weighted by Gasteiger charge is 2.09. The lowest BCUT2D eigenvalue weighted by atomic mass is 10.1. The Kier molecular flexibility index (Phi) is 7.09. The van der Waals surface area contributed by atoms with Gasteiger partial charge in [0.1, 0.15) is 0 Å². The SMILES string of the molecule is C=C(C)c1ccc(C#CC(=C/C)/C=C(\C)CN2CCCCC2)cc1. The minimum Gasteiger partial charge on any atom is -0.299 e. The molecule has 0 bridgehead atoms. The van der Waals surface area contributed by atoms with Gasteiger partial charge in [-0.15, -0.1) is 0 Å². The first-order valence-electron chi connectivity index (χ1n) is 8.92. The van der Waals surface area contributed by atoms with Crippen LogP contribution in [0.2, 0.25) is 0 Å². The van der Waals surface area contributed by atoms with E-state index < -0.39 is 0 Å². The van der Waals surface area contributed by atoms with Crippen LogP contribution in [0.25, 0.3) is 5.57 Å². The zero-order chi connectivity index (χ0) is 17.4. The summed E-state index contributed by atoms with van der Waals surface area (Å²) in [5.74, 6) is 6.56. The highest BCUT2D eigenvalue weighted by Crippen LogP contribution is 2.13. The minimum absolute atomic E-state index is 1.04. The fourth-order valence-corrected chi connectivity index (χ4v) is 2.96. The second-order valence-electron chi connectivity index (χ2n) is 6.68. The molecule has 0 unspecified atom stereocenters. The first-order chi connectivity index (χ1) is 11.6. The quantitative estimate of drug-likeness (QED) is 0.527. The van der Waals surface area contributed by atoms with Crippen LogP contribution in [0.4, 0.5) is 0 Å². The second kappa shape index (κ2) is 9.30. The number of likely N-dealkylation sites (tertiary alicyclic amines) is 1. The molecule has 1 heteroatoms. The molecule has 1 nitrogen and oxygen atoms in total. The van der Waals surface area contributed by atoms with Crippen molar-refractivity contribution in [1.82, 2.24) is 4.90 Å². The van der Waals surface area contributed by atoms with Crippen LogP contribution in [0.15, 0.2) is 54.1 Å². The van der Waals surface area contributed by atoms with Gasteiger partial charge < -0.3 is 0 Å². The highest BCUT2D eigenvalue weighted by atomic mass is 15.1. The van der Waals surface area contributed by atoms with Crippen molar-refractivity contribution in [3.8, 4) is 11.8 Å². The number of piperidine rings is 1. The molecule has 1 aliphatic heterocycles. The zero-order valence-electron chi connectivity index (χ0n) is 15.4. The van der Waals surface area contributed by atoms with Gasteiger partial charge in [-0.3, -0.25) is 4.90 Å². The van der Waals surface area contributed by atoms with E-state index in [4.69, 9.17) is 0 Å². The first kappa shape index (κ1) is 18.3. The number of allylic oxidation sites excluding steroid dienone is 4. The van der Waals surface area contributed by atoms with Gasteiger partial charge in [-0.2, -0.15) is 0 Å². The molecule has 1 aromatic rings. The van der Waals surface area contributed by atoms with E-state index in [0.29, 0.717) is 0 Å². The van der Waals surface area contributed by atoms with Gasteiger partial charge in [0.25, 0.3) is 0 Å². The lowest BCUT2D eigenvalue weighted by Gasteiger charge is -2.26. The van der Waals surface area contributed by atoms with Crippen LogP contribution in [0.5, 0.6) is 0 Å². The van der Waals surface area contributed by atoms with E-state index in [-0.39, 0.29) is 0 Å². The molecular formula is C23H29N. The van der Waals surface area contributed by atoms with E-state index in [1.807, 2.05) is 6.92 Å². The Balaban J connectivity index is 2.01. The third-order valence-corrected chi connectivity index (χ3v) is 4.36. The van der Waals surface area contributed by atoms with E-state index in [9.17, 15) is 0 Å². The van der Waals surface area contributed by atoms with Gasteiger partial charge in [-0.05, 0) is 70.5 Å². The monoisotopic (exact) mass is 319 g/mol. The van der Waals surface area contributed by atoms with Crippen LogP contribution in [-0.4, -0.2) is 24.5 Å². The summed E-state index contributed by atoms with van der Waals surface area (Å²) >= 11 is 0. The number of hydrogen-bond donors (Lipinski definition) is 0. The van der Waals surface area contributed by atoms with E-state index >= 15 is 0 Å². The lowest BCUT2D eigenvalue weighted by molar-refractivity contribution is 0.246. The normalized spacial score (nSPS) is 16.5. The molecule has 1 fully saturated rings. The van der Waals surface area contributed by atoms with Crippen LogP contribution in [0.3, 0.4) is 0 Å². The second-order valence-corrected chi connectivity index (χ2v) is 6.68. The summed E-state index contributed by atoms with van der Waals surface area (Å²) in [6.07, 6.45) is 8.38. The Labute approximate surface area is 147 Å². The van der Waals surface area contributed by atoms with Crippen LogP contribution in [0, 0.1) is 11.8 Å². The van der Waals surface area contributed by atoms with Crippen molar-refractivity contribution in [2.75, 3.05) is 19.6 Å². The van der Waals surface area contributed by atoms with Crippen molar-refractivity contribution in [3.63, 3.8) is 0 Å². The molecule has 126 valence electrons. The van der Waals surface area contributed by atoms with Crippen molar-refractivity contribution in [2.24, 2.45) is 0 Å². The summed E-state index contributed by atoms with van der Waals surface area (Å²) in [6.45, 7) is 13.8. The predicted molar refractivity (Wildman–Crippen MR) is 106 cm³/mol. The van der Waals surface area contributed by atoms with E-state index in [1.54, 1.807) is 0 Å². The Morgan fingerprint density at radius 1 is 1.12 bits per heavy atom. The zero-order valence-corrected chi connectivity index (χ0v) is 15.4. The largest absolute Gasteiger partial charge is 0.299 e. The topological polar surface area (TPSA) is 3.24 Å². The van der Waals surface area contributed by atoms with Crippen LogP contribution in [-0.2, 0) is 0 Å². The molecule has 24 heavy (non-hydrogen) atoms. The molecule has 1 heterocycles. The summed E-state index contributed by atoms with van der Waals surface area (Å²) in [6, 6.07) is 8.29. The van der Waals surface area contributed by atoms with Gasteiger partial charge in [0.2, 0.25) is 0 Å². The fraction of sp³-hybridized carbons (Fsp3) is 0.391. The highest BCUT2D eigenvalue weighted by molar-refractivity contribution is 5.62. The molecule has 0 saturated carbocycles. The number of rotatable bonds is 4. The van der Waals surface area contributed by atoms with Gasteiger partial charge >= 0.3 is 0 Å². The van der Waals surface area contributed by atoms with Crippen LogP contribution < -0.4 is 0 Å².